The van der Waals surface area contributed by atoms with Crippen molar-refractivity contribution >= 4 is 30.3 Å². The molecule has 0 aliphatic heterocycles. The van der Waals surface area contributed by atoms with Gasteiger partial charge in [0.15, 0.2) is 0 Å². The van der Waals surface area contributed by atoms with E-state index in [-0.39, 0.29) is 0 Å². The molecule has 0 spiro atoms. The fourth-order valence-electron chi connectivity index (χ4n) is 0.853. The average molecular weight is 209 g/mol. The van der Waals surface area contributed by atoms with Crippen LogP contribution in [0.2, 0.25) is 0 Å². The molecule has 0 aliphatic rings. The van der Waals surface area contributed by atoms with Gasteiger partial charge in [0.1, 0.15) is 0 Å². The van der Waals surface area contributed by atoms with Crippen LogP contribution in [-0.4, -0.2) is 5.71 Å². The molecule has 0 N–H and O–H groups in total. The molecule has 0 radical (unpaired) electrons. The first-order chi connectivity index (χ1) is 6.20. The Bertz CT molecular complexity index is 317. The summed E-state index contributed by atoms with van der Waals surface area (Å²) in [6.45, 7) is 5.61. The molecule has 0 aliphatic carbocycles. The van der Waals surface area contributed by atoms with E-state index in [1.54, 1.807) is 0 Å². The summed E-state index contributed by atoms with van der Waals surface area (Å²) >= 11 is 5.34. The monoisotopic (exact) mass is 209 g/mol. The Hall–Kier alpha value is -0.670. The third-order valence-corrected chi connectivity index (χ3v) is 2.30. The van der Waals surface area contributed by atoms with Gasteiger partial charge in [-0.05, 0) is 12.5 Å². The number of thiol groups is 1. The van der Waals surface area contributed by atoms with Crippen molar-refractivity contribution in [3.8, 4) is 0 Å². The molecule has 0 fully saturated rings. The first-order valence-electron chi connectivity index (χ1n) is 3.85. The Morgan fingerprint density at radius 1 is 1.38 bits per heavy atom. The van der Waals surface area contributed by atoms with Crippen molar-refractivity contribution in [1.82, 2.24) is 0 Å². The Morgan fingerprint density at radius 2 is 2.00 bits per heavy atom. The zero-order chi connectivity index (χ0) is 9.68. The summed E-state index contributed by atoms with van der Waals surface area (Å²) in [5.74, 6) is 0. The predicted octanol–water partition coefficient (Wildman–Crippen LogP) is 3.54. The molecular formula is C10H11NS2. The SMILES string of the molecule is C=C(S)S/N=C(\C)c1ccccc1. The Morgan fingerprint density at radius 3 is 2.54 bits per heavy atom. The van der Waals surface area contributed by atoms with Crippen molar-refractivity contribution < 1.29 is 0 Å². The summed E-state index contributed by atoms with van der Waals surface area (Å²) < 4.78 is 4.96. The molecular weight excluding hydrogens is 198 g/mol. The van der Waals surface area contributed by atoms with Crippen LogP contribution in [0, 0.1) is 0 Å². The van der Waals surface area contributed by atoms with Gasteiger partial charge >= 0.3 is 0 Å². The molecule has 0 bridgehead atoms. The van der Waals surface area contributed by atoms with Gasteiger partial charge in [-0.3, -0.25) is 0 Å². The number of benzene rings is 1. The zero-order valence-corrected chi connectivity index (χ0v) is 9.11. The number of hydrogen-bond acceptors (Lipinski definition) is 3. The third kappa shape index (κ3) is 3.70. The molecule has 0 heterocycles. The second-order valence-corrected chi connectivity index (χ2v) is 4.23. The molecule has 1 aromatic carbocycles. The lowest BCUT2D eigenvalue weighted by atomic mass is 10.1. The van der Waals surface area contributed by atoms with Gasteiger partial charge in [-0.15, -0.1) is 12.6 Å². The van der Waals surface area contributed by atoms with Crippen molar-refractivity contribution in [2.24, 2.45) is 4.40 Å². The van der Waals surface area contributed by atoms with Gasteiger partial charge in [0.2, 0.25) is 0 Å². The van der Waals surface area contributed by atoms with E-state index in [1.165, 1.54) is 11.9 Å². The van der Waals surface area contributed by atoms with Crippen molar-refractivity contribution in [2.75, 3.05) is 0 Å². The minimum absolute atomic E-state index is 0.704. The van der Waals surface area contributed by atoms with E-state index in [9.17, 15) is 0 Å². The molecule has 1 nitrogen and oxygen atoms in total. The van der Waals surface area contributed by atoms with Gasteiger partial charge in [0, 0.05) is 11.9 Å². The van der Waals surface area contributed by atoms with Crippen LogP contribution < -0.4 is 0 Å². The average Bonchev–Trinajstić information content (AvgIpc) is 2.15. The van der Waals surface area contributed by atoms with Gasteiger partial charge in [0.05, 0.1) is 9.95 Å². The quantitative estimate of drug-likeness (QED) is 0.456. The number of nitrogens with zero attached hydrogens (tertiary/aromatic N) is 1. The van der Waals surface area contributed by atoms with Crippen LogP contribution in [0.25, 0.3) is 0 Å². The molecule has 1 aromatic rings. The van der Waals surface area contributed by atoms with Crippen LogP contribution in [0.4, 0.5) is 0 Å². The molecule has 1 rings (SSSR count). The lowest BCUT2D eigenvalue weighted by Gasteiger charge is -1.98. The van der Waals surface area contributed by atoms with Gasteiger partial charge in [-0.2, -0.15) is 0 Å². The van der Waals surface area contributed by atoms with Crippen LogP contribution in [0.1, 0.15) is 12.5 Å². The number of hydrogen-bond donors (Lipinski definition) is 1. The van der Waals surface area contributed by atoms with Crippen LogP contribution in [0.15, 0.2) is 45.5 Å². The van der Waals surface area contributed by atoms with E-state index >= 15 is 0 Å². The van der Waals surface area contributed by atoms with Crippen molar-refractivity contribution in [3.63, 3.8) is 0 Å². The molecule has 0 aromatic heterocycles. The third-order valence-electron chi connectivity index (χ3n) is 1.48. The molecule has 0 atom stereocenters. The highest BCUT2D eigenvalue weighted by molar-refractivity contribution is 8.14. The van der Waals surface area contributed by atoms with Crippen LogP contribution in [-0.2, 0) is 0 Å². The second kappa shape index (κ2) is 5.14. The molecule has 13 heavy (non-hydrogen) atoms. The zero-order valence-electron chi connectivity index (χ0n) is 7.40. The molecule has 3 heteroatoms. The summed E-state index contributed by atoms with van der Waals surface area (Å²) in [7, 11) is 0. The van der Waals surface area contributed by atoms with E-state index < -0.39 is 0 Å². The summed E-state index contributed by atoms with van der Waals surface area (Å²) in [4.78, 5) is 0. The number of rotatable bonds is 3. The second-order valence-electron chi connectivity index (χ2n) is 2.53. The Kier molecular flexibility index (Phi) is 4.12. The highest BCUT2D eigenvalue weighted by Crippen LogP contribution is 2.19. The van der Waals surface area contributed by atoms with Gasteiger partial charge in [-0.1, -0.05) is 36.9 Å². The van der Waals surface area contributed by atoms with Crippen molar-refractivity contribution in [2.45, 2.75) is 6.92 Å². The van der Waals surface area contributed by atoms with E-state index in [1.807, 2.05) is 37.3 Å². The van der Waals surface area contributed by atoms with Crippen LogP contribution in [0.3, 0.4) is 0 Å². The summed E-state index contributed by atoms with van der Waals surface area (Å²) in [5.41, 5.74) is 2.12. The highest BCUT2D eigenvalue weighted by atomic mass is 32.2. The van der Waals surface area contributed by atoms with Crippen molar-refractivity contribution in [1.29, 1.82) is 0 Å². The molecule has 68 valence electrons. The Labute approximate surface area is 88.5 Å². The topological polar surface area (TPSA) is 12.4 Å². The first-order valence-corrected chi connectivity index (χ1v) is 5.07. The minimum Gasteiger partial charge on any atom is -0.215 e. The summed E-state index contributed by atoms with van der Waals surface area (Å²) in [6, 6.07) is 10.0. The van der Waals surface area contributed by atoms with E-state index in [2.05, 4.69) is 23.6 Å². The standard InChI is InChI=1S/C10H11NS2/c1-8(11-13-9(2)12)10-6-4-3-5-7-10/h3-7,12H,2H2,1H3/b11-8+. The molecule has 0 amide bonds. The maximum absolute atomic E-state index is 4.25. The normalized spacial score (nSPS) is 11.4. The molecule has 0 saturated carbocycles. The molecule has 0 unspecified atom stereocenters. The lowest BCUT2D eigenvalue weighted by molar-refractivity contribution is 1.60. The predicted molar refractivity (Wildman–Crippen MR) is 64.4 cm³/mol. The summed E-state index contributed by atoms with van der Waals surface area (Å²) in [5, 5.41) is 0. The maximum Gasteiger partial charge on any atom is 0.0532 e. The van der Waals surface area contributed by atoms with Crippen LogP contribution in [0.5, 0.6) is 0 Å². The van der Waals surface area contributed by atoms with Crippen LogP contribution >= 0.6 is 24.6 Å². The Balaban J connectivity index is 2.73. The van der Waals surface area contributed by atoms with E-state index in [0.717, 1.165) is 11.3 Å². The highest BCUT2D eigenvalue weighted by Gasteiger charge is 1.94. The summed E-state index contributed by atoms with van der Waals surface area (Å²) in [6.07, 6.45) is 0. The first kappa shape index (κ1) is 10.4. The maximum atomic E-state index is 4.25. The van der Waals surface area contributed by atoms with Gasteiger partial charge in [0.25, 0.3) is 0 Å². The van der Waals surface area contributed by atoms with Crippen molar-refractivity contribution in [3.05, 3.63) is 46.7 Å². The smallest absolute Gasteiger partial charge is 0.0532 e. The van der Waals surface area contributed by atoms with Gasteiger partial charge < -0.3 is 0 Å². The fourth-order valence-corrected chi connectivity index (χ4v) is 1.32. The van der Waals surface area contributed by atoms with E-state index in [4.69, 9.17) is 0 Å². The van der Waals surface area contributed by atoms with E-state index in [0.29, 0.717) is 4.24 Å². The minimum atomic E-state index is 0.704. The fraction of sp³-hybridized carbons (Fsp3) is 0.100. The van der Waals surface area contributed by atoms with Gasteiger partial charge in [-0.25, -0.2) is 4.40 Å². The lowest BCUT2D eigenvalue weighted by Crippen LogP contribution is -1.91. The largest absolute Gasteiger partial charge is 0.215 e. The molecule has 0 saturated heterocycles.